The Balaban J connectivity index is 1.96. The van der Waals surface area contributed by atoms with E-state index >= 15 is 0 Å². The van der Waals surface area contributed by atoms with E-state index in [1.54, 1.807) is 19.2 Å². The summed E-state index contributed by atoms with van der Waals surface area (Å²) in [6.45, 7) is 0.852. The van der Waals surface area contributed by atoms with Crippen LogP contribution in [0.15, 0.2) is 18.2 Å². The normalized spacial score (nSPS) is 20.9. The summed E-state index contributed by atoms with van der Waals surface area (Å²) >= 11 is 5.90. The molecular formula is C14H19ClO3. The second-order valence-corrected chi connectivity index (χ2v) is 5.05. The van der Waals surface area contributed by atoms with Crippen molar-refractivity contribution in [3.63, 3.8) is 0 Å². The molecule has 0 saturated carbocycles. The second-order valence-electron chi connectivity index (χ2n) is 4.61. The molecule has 1 heterocycles. The van der Waals surface area contributed by atoms with Crippen molar-refractivity contribution >= 4 is 11.6 Å². The quantitative estimate of drug-likeness (QED) is 0.892. The zero-order chi connectivity index (χ0) is 13.0. The van der Waals surface area contributed by atoms with Crippen LogP contribution in [-0.4, -0.2) is 24.9 Å². The number of hydrogen-bond acceptors (Lipinski definition) is 3. The molecule has 3 nitrogen and oxygen atoms in total. The third-order valence-corrected chi connectivity index (χ3v) is 3.58. The van der Waals surface area contributed by atoms with Crippen LogP contribution in [0.4, 0.5) is 0 Å². The van der Waals surface area contributed by atoms with Crippen molar-refractivity contribution in [2.75, 3.05) is 13.7 Å². The largest absolute Gasteiger partial charge is 0.496 e. The Kier molecular flexibility index (Phi) is 4.87. The predicted octanol–water partition coefficient (Wildman–Crippen LogP) is 3.34. The maximum Gasteiger partial charge on any atom is 0.126 e. The molecule has 1 aliphatic heterocycles. The standard InChI is InChI=1S/C14H19ClO3/c1-17-14-9-10(15)4-6-12(14)13(16)7-5-11-3-2-8-18-11/h4,6,9,11,13,16H,2-3,5,7-8H2,1H3. The van der Waals surface area contributed by atoms with E-state index in [2.05, 4.69) is 0 Å². The summed E-state index contributed by atoms with van der Waals surface area (Å²) in [6.07, 6.45) is 3.57. The molecule has 1 aliphatic rings. The van der Waals surface area contributed by atoms with Gasteiger partial charge in [-0.15, -0.1) is 0 Å². The van der Waals surface area contributed by atoms with Crippen LogP contribution in [0.25, 0.3) is 0 Å². The molecule has 1 saturated heterocycles. The van der Waals surface area contributed by atoms with Gasteiger partial charge >= 0.3 is 0 Å². The van der Waals surface area contributed by atoms with Crippen molar-refractivity contribution in [3.8, 4) is 5.75 Å². The first-order valence-electron chi connectivity index (χ1n) is 6.34. The minimum absolute atomic E-state index is 0.304. The first kappa shape index (κ1) is 13.7. The summed E-state index contributed by atoms with van der Waals surface area (Å²) in [7, 11) is 1.59. The molecule has 1 fully saturated rings. The van der Waals surface area contributed by atoms with Crippen LogP contribution >= 0.6 is 11.6 Å². The molecule has 2 unspecified atom stereocenters. The van der Waals surface area contributed by atoms with Gasteiger partial charge in [0.05, 0.1) is 19.3 Å². The zero-order valence-electron chi connectivity index (χ0n) is 10.6. The molecule has 2 atom stereocenters. The molecule has 1 aromatic carbocycles. The topological polar surface area (TPSA) is 38.7 Å². The average molecular weight is 271 g/mol. The molecule has 100 valence electrons. The summed E-state index contributed by atoms with van der Waals surface area (Å²) < 4.78 is 10.8. The van der Waals surface area contributed by atoms with E-state index < -0.39 is 6.10 Å². The lowest BCUT2D eigenvalue weighted by Gasteiger charge is -2.16. The predicted molar refractivity (Wildman–Crippen MR) is 71.2 cm³/mol. The number of aliphatic hydroxyl groups is 1. The van der Waals surface area contributed by atoms with Crippen LogP contribution in [0, 0.1) is 0 Å². The summed E-state index contributed by atoms with van der Waals surface area (Å²) in [5.74, 6) is 0.641. The molecule has 18 heavy (non-hydrogen) atoms. The van der Waals surface area contributed by atoms with E-state index in [1.165, 1.54) is 0 Å². The Hall–Kier alpha value is -0.770. The van der Waals surface area contributed by atoms with E-state index in [1.807, 2.05) is 6.07 Å². The minimum atomic E-state index is -0.526. The van der Waals surface area contributed by atoms with Crippen LogP contribution in [0.3, 0.4) is 0 Å². The van der Waals surface area contributed by atoms with Crippen LogP contribution < -0.4 is 4.74 Å². The molecule has 0 radical (unpaired) electrons. The van der Waals surface area contributed by atoms with E-state index in [0.29, 0.717) is 23.3 Å². The van der Waals surface area contributed by atoms with Gasteiger partial charge in [0.2, 0.25) is 0 Å². The number of aliphatic hydroxyl groups excluding tert-OH is 1. The van der Waals surface area contributed by atoms with E-state index in [4.69, 9.17) is 21.1 Å². The van der Waals surface area contributed by atoms with Crippen LogP contribution in [-0.2, 0) is 4.74 Å². The molecule has 4 heteroatoms. The third kappa shape index (κ3) is 3.37. The Morgan fingerprint density at radius 1 is 1.56 bits per heavy atom. The van der Waals surface area contributed by atoms with Crippen molar-refractivity contribution in [2.24, 2.45) is 0 Å². The third-order valence-electron chi connectivity index (χ3n) is 3.34. The monoisotopic (exact) mass is 270 g/mol. The zero-order valence-corrected chi connectivity index (χ0v) is 11.3. The van der Waals surface area contributed by atoms with E-state index in [9.17, 15) is 5.11 Å². The molecule has 0 aromatic heterocycles. The number of ether oxygens (including phenoxy) is 2. The Labute approximate surface area is 113 Å². The van der Waals surface area contributed by atoms with Crippen molar-refractivity contribution in [1.29, 1.82) is 0 Å². The Morgan fingerprint density at radius 2 is 2.39 bits per heavy atom. The molecule has 1 aromatic rings. The number of halogens is 1. The SMILES string of the molecule is COc1cc(Cl)ccc1C(O)CCC1CCCO1. The number of methoxy groups -OCH3 is 1. The average Bonchev–Trinajstić information content (AvgIpc) is 2.88. The van der Waals surface area contributed by atoms with Crippen molar-refractivity contribution < 1.29 is 14.6 Å². The maximum absolute atomic E-state index is 10.2. The van der Waals surface area contributed by atoms with Crippen LogP contribution in [0.2, 0.25) is 5.02 Å². The summed E-state index contributed by atoms with van der Waals surface area (Å²) in [5, 5.41) is 10.8. The lowest BCUT2D eigenvalue weighted by Crippen LogP contribution is -2.08. The molecular weight excluding hydrogens is 252 g/mol. The highest BCUT2D eigenvalue weighted by atomic mass is 35.5. The fourth-order valence-electron chi connectivity index (χ4n) is 2.33. The minimum Gasteiger partial charge on any atom is -0.496 e. The summed E-state index contributed by atoms with van der Waals surface area (Å²) in [4.78, 5) is 0. The van der Waals surface area contributed by atoms with Gasteiger partial charge in [0.1, 0.15) is 5.75 Å². The highest BCUT2D eigenvalue weighted by Crippen LogP contribution is 2.31. The van der Waals surface area contributed by atoms with Gasteiger partial charge in [-0.05, 0) is 37.8 Å². The molecule has 1 N–H and O–H groups in total. The van der Waals surface area contributed by atoms with Gasteiger partial charge in [-0.2, -0.15) is 0 Å². The van der Waals surface area contributed by atoms with Gasteiger partial charge in [-0.3, -0.25) is 0 Å². The van der Waals surface area contributed by atoms with Gasteiger partial charge in [-0.1, -0.05) is 17.7 Å². The fourth-order valence-corrected chi connectivity index (χ4v) is 2.49. The van der Waals surface area contributed by atoms with Gasteiger partial charge in [0.25, 0.3) is 0 Å². The summed E-state index contributed by atoms with van der Waals surface area (Å²) in [6, 6.07) is 5.32. The van der Waals surface area contributed by atoms with Crippen molar-refractivity contribution in [3.05, 3.63) is 28.8 Å². The van der Waals surface area contributed by atoms with Crippen LogP contribution in [0.1, 0.15) is 37.4 Å². The lowest BCUT2D eigenvalue weighted by molar-refractivity contribution is 0.0805. The first-order chi connectivity index (χ1) is 8.70. The molecule has 2 rings (SSSR count). The van der Waals surface area contributed by atoms with E-state index in [0.717, 1.165) is 31.4 Å². The molecule has 0 amide bonds. The number of hydrogen-bond donors (Lipinski definition) is 1. The smallest absolute Gasteiger partial charge is 0.126 e. The molecule has 0 bridgehead atoms. The highest BCUT2D eigenvalue weighted by molar-refractivity contribution is 6.30. The Bertz CT molecular complexity index is 389. The van der Waals surface area contributed by atoms with Gasteiger partial charge in [0.15, 0.2) is 0 Å². The fraction of sp³-hybridized carbons (Fsp3) is 0.571. The lowest BCUT2D eigenvalue weighted by atomic mass is 10.0. The van der Waals surface area contributed by atoms with E-state index in [-0.39, 0.29) is 0 Å². The number of rotatable bonds is 5. The van der Waals surface area contributed by atoms with Crippen molar-refractivity contribution in [2.45, 2.75) is 37.9 Å². The Morgan fingerprint density at radius 3 is 3.06 bits per heavy atom. The van der Waals surface area contributed by atoms with Gasteiger partial charge in [0, 0.05) is 17.2 Å². The second kappa shape index (κ2) is 6.41. The first-order valence-corrected chi connectivity index (χ1v) is 6.71. The number of benzene rings is 1. The van der Waals surface area contributed by atoms with Gasteiger partial charge < -0.3 is 14.6 Å². The molecule has 0 aliphatic carbocycles. The summed E-state index contributed by atoms with van der Waals surface area (Å²) in [5.41, 5.74) is 0.792. The van der Waals surface area contributed by atoms with Crippen molar-refractivity contribution in [1.82, 2.24) is 0 Å². The highest BCUT2D eigenvalue weighted by Gasteiger charge is 2.19. The maximum atomic E-state index is 10.2. The van der Waals surface area contributed by atoms with Gasteiger partial charge in [-0.25, -0.2) is 0 Å². The van der Waals surface area contributed by atoms with Crippen LogP contribution in [0.5, 0.6) is 5.75 Å². The molecule has 0 spiro atoms.